The van der Waals surface area contributed by atoms with Crippen LogP contribution in [0.25, 0.3) is 0 Å². The van der Waals surface area contributed by atoms with Crippen LogP contribution in [0.2, 0.25) is 0 Å². The Hall–Kier alpha value is -1.56. The highest BCUT2D eigenvalue weighted by Gasteiger charge is 2.15. The molecule has 1 amide bonds. The molecule has 2 rings (SSSR count). The minimum absolute atomic E-state index is 0.155. The van der Waals surface area contributed by atoms with Crippen molar-refractivity contribution in [3.8, 4) is 0 Å². The highest BCUT2D eigenvalue weighted by atomic mass is 16.5. The topological polar surface area (TPSA) is 96.2 Å². The molecule has 6 heteroatoms. The summed E-state index contributed by atoms with van der Waals surface area (Å²) in [7, 11) is 0. The van der Waals surface area contributed by atoms with E-state index in [0.717, 1.165) is 38.8 Å². The van der Waals surface area contributed by atoms with Crippen LogP contribution in [-0.4, -0.2) is 28.4 Å². The van der Waals surface area contributed by atoms with Gasteiger partial charge in [-0.25, -0.2) is 0 Å². The lowest BCUT2D eigenvalue weighted by molar-refractivity contribution is 0.0989. The van der Waals surface area contributed by atoms with Gasteiger partial charge in [0.2, 0.25) is 0 Å². The van der Waals surface area contributed by atoms with Crippen molar-refractivity contribution >= 4 is 11.6 Å². The van der Waals surface area contributed by atoms with E-state index in [4.69, 9.17) is 16.2 Å². The first-order chi connectivity index (χ1) is 8.16. The van der Waals surface area contributed by atoms with Crippen molar-refractivity contribution in [2.75, 3.05) is 12.3 Å². The summed E-state index contributed by atoms with van der Waals surface area (Å²) in [5.74, 6) is -0.583. The van der Waals surface area contributed by atoms with E-state index in [1.54, 1.807) is 10.9 Å². The lowest BCUT2D eigenvalue weighted by atomic mass is 10.1. The van der Waals surface area contributed by atoms with Gasteiger partial charge >= 0.3 is 0 Å². The third-order valence-corrected chi connectivity index (χ3v) is 2.96. The highest BCUT2D eigenvalue weighted by molar-refractivity contribution is 5.95. The predicted octanol–water partition coefficient (Wildman–Crippen LogP) is 0.523. The summed E-state index contributed by atoms with van der Waals surface area (Å²) in [6.07, 6.45) is 6.32. The molecule has 1 aliphatic rings. The summed E-state index contributed by atoms with van der Waals surface area (Å²) in [5, 5.41) is 4.05. The Labute approximate surface area is 99.9 Å². The average Bonchev–Trinajstić information content (AvgIpc) is 2.88. The number of nitrogen functional groups attached to an aromatic ring is 1. The summed E-state index contributed by atoms with van der Waals surface area (Å²) in [6, 6.07) is 0. The van der Waals surface area contributed by atoms with Crippen LogP contribution in [0.4, 0.5) is 5.69 Å². The highest BCUT2D eigenvalue weighted by Crippen LogP contribution is 2.17. The fourth-order valence-corrected chi connectivity index (χ4v) is 2.10. The first-order valence-electron chi connectivity index (χ1n) is 5.91. The number of rotatable bonds is 5. The average molecular weight is 238 g/mol. The lowest BCUT2D eigenvalue weighted by Gasteiger charge is -2.08. The number of nitrogens with zero attached hydrogens (tertiary/aromatic N) is 2. The quantitative estimate of drug-likeness (QED) is 0.781. The van der Waals surface area contributed by atoms with Gasteiger partial charge < -0.3 is 16.2 Å². The summed E-state index contributed by atoms with van der Waals surface area (Å²) in [6.45, 7) is 1.61. The monoisotopic (exact) mass is 238 g/mol. The largest absolute Gasteiger partial charge is 0.396 e. The van der Waals surface area contributed by atoms with E-state index in [9.17, 15) is 4.79 Å². The Balaban J connectivity index is 1.82. The van der Waals surface area contributed by atoms with Gasteiger partial charge in [0.05, 0.1) is 11.8 Å². The molecule has 6 nitrogen and oxygen atoms in total. The van der Waals surface area contributed by atoms with Crippen molar-refractivity contribution in [2.45, 2.75) is 38.3 Å². The number of amides is 1. The van der Waals surface area contributed by atoms with Crippen molar-refractivity contribution < 1.29 is 9.53 Å². The second-order valence-electron chi connectivity index (χ2n) is 4.34. The molecule has 0 spiro atoms. The summed E-state index contributed by atoms with van der Waals surface area (Å²) < 4.78 is 7.20. The lowest BCUT2D eigenvalue weighted by Crippen LogP contribution is -2.14. The number of hydrogen-bond donors (Lipinski definition) is 2. The van der Waals surface area contributed by atoms with E-state index in [0.29, 0.717) is 11.8 Å². The van der Waals surface area contributed by atoms with Crippen molar-refractivity contribution in [1.29, 1.82) is 0 Å². The second kappa shape index (κ2) is 5.18. The smallest absolute Gasteiger partial charge is 0.271 e. The molecule has 0 saturated carbocycles. The molecule has 1 saturated heterocycles. The molecule has 0 aliphatic carbocycles. The number of aromatic nitrogens is 2. The van der Waals surface area contributed by atoms with Crippen molar-refractivity contribution in [1.82, 2.24) is 9.78 Å². The third-order valence-electron chi connectivity index (χ3n) is 2.96. The Morgan fingerprint density at radius 1 is 1.65 bits per heavy atom. The molecule has 4 N–H and O–H groups in total. The molecule has 1 aromatic heterocycles. The van der Waals surface area contributed by atoms with Gasteiger partial charge in [-0.1, -0.05) is 0 Å². The van der Waals surface area contributed by atoms with Crippen LogP contribution in [0.15, 0.2) is 6.20 Å². The molecule has 1 unspecified atom stereocenters. The van der Waals surface area contributed by atoms with E-state index in [1.807, 2.05) is 0 Å². The number of carbonyl (C=O) groups is 1. The molecule has 1 aromatic rings. The molecule has 0 aromatic carbocycles. The maximum Gasteiger partial charge on any atom is 0.271 e. The summed E-state index contributed by atoms with van der Waals surface area (Å²) in [4.78, 5) is 11.0. The molecule has 0 radical (unpaired) electrons. The zero-order valence-electron chi connectivity index (χ0n) is 9.76. The van der Waals surface area contributed by atoms with Crippen LogP contribution >= 0.6 is 0 Å². The van der Waals surface area contributed by atoms with E-state index in [-0.39, 0.29) is 5.69 Å². The van der Waals surface area contributed by atoms with Gasteiger partial charge in [0.15, 0.2) is 5.69 Å². The number of hydrogen-bond acceptors (Lipinski definition) is 4. The van der Waals surface area contributed by atoms with Gasteiger partial charge in [-0.2, -0.15) is 5.10 Å². The van der Waals surface area contributed by atoms with Crippen LogP contribution in [0, 0.1) is 0 Å². The number of primary amides is 1. The molecule has 94 valence electrons. The van der Waals surface area contributed by atoms with Crippen LogP contribution in [0.1, 0.15) is 36.2 Å². The Morgan fingerprint density at radius 3 is 3.06 bits per heavy atom. The molecule has 1 atom stereocenters. The molecule has 1 aliphatic heterocycles. The molecule has 0 bridgehead atoms. The zero-order valence-corrected chi connectivity index (χ0v) is 9.76. The zero-order chi connectivity index (χ0) is 12.3. The molecule has 17 heavy (non-hydrogen) atoms. The minimum Gasteiger partial charge on any atom is -0.396 e. The number of nitrogens with two attached hydrogens (primary N) is 2. The first-order valence-corrected chi connectivity index (χ1v) is 5.91. The van der Waals surface area contributed by atoms with Crippen LogP contribution < -0.4 is 11.5 Å². The van der Waals surface area contributed by atoms with Crippen molar-refractivity contribution in [3.63, 3.8) is 0 Å². The maximum atomic E-state index is 11.0. The molecular formula is C11H18N4O2. The van der Waals surface area contributed by atoms with Crippen LogP contribution in [0.5, 0.6) is 0 Å². The van der Waals surface area contributed by atoms with Gasteiger partial charge in [-0.15, -0.1) is 0 Å². The number of carbonyl (C=O) groups excluding carboxylic acids is 1. The van der Waals surface area contributed by atoms with Gasteiger partial charge in [-0.3, -0.25) is 9.48 Å². The van der Waals surface area contributed by atoms with E-state index in [1.165, 1.54) is 0 Å². The Morgan fingerprint density at radius 2 is 2.47 bits per heavy atom. The second-order valence-corrected chi connectivity index (χ2v) is 4.34. The molecule has 2 heterocycles. The maximum absolute atomic E-state index is 11.0. The summed E-state index contributed by atoms with van der Waals surface area (Å²) >= 11 is 0. The van der Waals surface area contributed by atoms with Crippen molar-refractivity contribution in [2.24, 2.45) is 5.73 Å². The number of ether oxygens (including phenoxy) is 1. The third kappa shape index (κ3) is 2.97. The fraction of sp³-hybridized carbons (Fsp3) is 0.636. The van der Waals surface area contributed by atoms with Crippen molar-refractivity contribution in [3.05, 3.63) is 11.9 Å². The Kier molecular flexibility index (Phi) is 3.63. The van der Waals surface area contributed by atoms with E-state index in [2.05, 4.69) is 5.10 Å². The van der Waals surface area contributed by atoms with E-state index < -0.39 is 5.91 Å². The van der Waals surface area contributed by atoms with Gasteiger partial charge in [-0.05, 0) is 25.7 Å². The standard InChI is InChI=1S/C11H18N4O2/c12-9-7-15(14-10(9)11(13)16)5-1-3-8-4-2-6-17-8/h7-8H,1-6,12H2,(H2,13,16). The van der Waals surface area contributed by atoms with Crippen LogP contribution in [0.3, 0.4) is 0 Å². The SMILES string of the molecule is NC(=O)c1nn(CCCC2CCCO2)cc1N. The fourth-order valence-electron chi connectivity index (χ4n) is 2.10. The summed E-state index contributed by atoms with van der Waals surface area (Å²) in [5.41, 5.74) is 11.3. The molecule has 1 fully saturated rings. The predicted molar refractivity (Wildman–Crippen MR) is 63.4 cm³/mol. The number of anilines is 1. The van der Waals surface area contributed by atoms with Gasteiger partial charge in [0, 0.05) is 19.3 Å². The normalized spacial score (nSPS) is 19.6. The van der Waals surface area contributed by atoms with E-state index >= 15 is 0 Å². The Bertz CT molecular complexity index is 396. The minimum atomic E-state index is -0.583. The molecular weight excluding hydrogens is 220 g/mol. The van der Waals surface area contributed by atoms with Gasteiger partial charge in [0.1, 0.15) is 0 Å². The first kappa shape index (κ1) is 11.9. The number of aryl methyl sites for hydroxylation is 1. The van der Waals surface area contributed by atoms with Gasteiger partial charge in [0.25, 0.3) is 5.91 Å². The van der Waals surface area contributed by atoms with Crippen LogP contribution in [-0.2, 0) is 11.3 Å².